The number of benzene rings is 1. The Morgan fingerprint density at radius 3 is 2.95 bits per heavy atom. The van der Waals surface area contributed by atoms with E-state index in [2.05, 4.69) is 29.4 Å². The highest BCUT2D eigenvalue weighted by Crippen LogP contribution is 2.27. The minimum Gasteiger partial charge on any atom is -0.313 e. The third-order valence-electron chi connectivity index (χ3n) is 3.67. The first kappa shape index (κ1) is 14.1. The van der Waals surface area contributed by atoms with Crippen molar-refractivity contribution in [1.82, 2.24) is 10.3 Å². The molecule has 1 N–H and O–H groups in total. The van der Waals surface area contributed by atoms with E-state index in [1.165, 1.54) is 23.3 Å². The van der Waals surface area contributed by atoms with E-state index in [4.69, 9.17) is 11.6 Å². The lowest BCUT2D eigenvalue weighted by Crippen LogP contribution is -2.24. The molecule has 1 aliphatic rings. The molecule has 1 atom stereocenters. The number of rotatable bonds is 6. The maximum atomic E-state index is 6.14. The van der Waals surface area contributed by atoms with Crippen LogP contribution < -0.4 is 5.32 Å². The first-order valence-corrected chi connectivity index (χ1v) is 8.30. The highest BCUT2D eigenvalue weighted by molar-refractivity contribution is 7.11. The average Bonchev–Trinajstić information content (AvgIpc) is 3.17. The van der Waals surface area contributed by atoms with Gasteiger partial charge in [0, 0.05) is 34.6 Å². The van der Waals surface area contributed by atoms with Gasteiger partial charge in [-0.25, -0.2) is 4.98 Å². The summed E-state index contributed by atoms with van der Waals surface area (Å²) in [5.41, 5.74) is 1.32. The largest absolute Gasteiger partial charge is 0.313 e. The molecule has 1 aromatic carbocycles. The van der Waals surface area contributed by atoms with Crippen LogP contribution >= 0.6 is 22.9 Å². The lowest BCUT2D eigenvalue weighted by Gasteiger charge is -2.17. The van der Waals surface area contributed by atoms with Crippen molar-refractivity contribution in [3.05, 3.63) is 50.9 Å². The van der Waals surface area contributed by atoms with Crippen LogP contribution in [0, 0.1) is 6.92 Å². The Bertz CT molecular complexity index is 577. The van der Waals surface area contributed by atoms with Crippen LogP contribution in [0.3, 0.4) is 0 Å². The first-order valence-electron chi connectivity index (χ1n) is 7.11. The van der Waals surface area contributed by atoms with Crippen LogP contribution in [0.15, 0.2) is 30.5 Å². The molecule has 1 aromatic heterocycles. The van der Waals surface area contributed by atoms with Crippen molar-refractivity contribution < 1.29 is 0 Å². The number of hydrogen-bond donors (Lipinski definition) is 1. The lowest BCUT2D eigenvalue weighted by molar-refractivity contribution is 0.579. The maximum absolute atomic E-state index is 6.14. The highest BCUT2D eigenvalue weighted by Gasteiger charge is 2.23. The van der Waals surface area contributed by atoms with Gasteiger partial charge in [-0.2, -0.15) is 0 Å². The summed E-state index contributed by atoms with van der Waals surface area (Å²) in [6.07, 6.45) is 5.68. The molecule has 20 heavy (non-hydrogen) atoms. The summed E-state index contributed by atoms with van der Waals surface area (Å²) >= 11 is 7.93. The van der Waals surface area contributed by atoms with Crippen LogP contribution in [-0.4, -0.2) is 17.6 Å². The molecule has 1 fully saturated rings. The molecule has 1 saturated carbocycles. The molecule has 1 unspecified atom stereocenters. The number of thiazole rings is 1. The Hall–Kier alpha value is -0.900. The third-order valence-corrected chi connectivity index (χ3v) is 4.84. The minimum atomic E-state index is 0.467. The van der Waals surface area contributed by atoms with Gasteiger partial charge in [-0.05, 0) is 43.9 Å². The van der Waals surface area contributed by atoms with Gasteiger partial charge in [0.1, 0.15) is 0 Å². The monoisotopic (exact) mass is 306 g/mol. The van der Waals surface area contributed by atoms with Gasteiger partial charge in [-0.3, -0.25) is 0 Å². The third kappa shape index (κ3) is 3.81. The summed E-state index contributed by atoms with van der Waals surface area (Å²) < 4.78 is 0. The van der Waals surface area contributed by atoms with Crippen molar-refractivity contribution in [2.24, 2.45) is 0 Å². The summed E-state index contributed by atoms with van der Waals surface area (Å²) in [5, 5.41) is 5.60. The molecule has 2 aromatic rings. The molecule has 106 valence electrons. The zero-order valence-electron chi connectivity index (χ0n) is 11.6. The molecular formula is C16H19ClN2S. The fourth-order valence-electron chi connectivity index (χ4n) is 2.41. The molecule has 0 aliphatic heterocycles. The zero-order valence-corrected chi connectivity index (χ0v) is 13.2. The summed E-state index contributed by atoms with van der Waals surface area (Å²) in [7, 11) is 0. The van der Waals surface area contributed by atoms with Crippen molar-refractivity contribution in [2.75, 3.05) is 6.54 Å². The van der Waals surface area contributed by atoms with E-state index in [0.717, 1.165) is 29.0 Å². The molecule has 0 saturated heterocycles. The Kier molecular flexibility index (Phi) is 4.39. The van der Waals surface area contributed by atoms with E-state index in [0.29, 0.717) is 5.92 Å². The van der Waals surface area contributed by atoms with Crippen molar-refractivity contribution in [3.63, 3.8) is 0 Å². The topological polar surface area (TPSA) is 24.9 Å². The van der Waals surface area contributed by atoms with E-state index in [1.54, 1.807) is 11.3 Å². The smallest absolute Gasteiger partial charge is 0.0896 e. The van der Waals surface area contributed by atoms with Gasteiger partial charge >= 0.3 is 0 Å². The Morgan fingerprint density at radius 1 is 1.45 bits per heavy atom. The Balaban J connectivity index is 1.74. The van der Waals surface area contributed by atoms with Gasteiger partial charge in [0.05, 0.1) is 5.01 Å². The molecule has 3 rings (SSSR count). The van der Waals surface area contributed by atoms with Crippen LogP contribution in [0.2, 0.25) is 5.02 Å². The van der Waals surface area contributed by atoms with Crippen molar-refractivity contribution in [1.29, 1.82) is 0 Å². The van der Waals surface area contributed by atoms with E-state index in [9.17, 15) is 0 Å². The fraction of sp³-hybridized carbons (Fsp3) is 0.438. The second-order valence-corrected chi connectivity index (χ2v) is 7.24. The number of aryl methyl sites for hydroxylation is 1. The van der Waals surface area contributed by atoms with Crippen molar-refractivity contribution >= 4 is 22.9 Å². The van der Waals surface area contributed by atoms with E-state index in [1.807, 2.05) is 18.3 Å². The van der Waals surface area contributed by atoms with Crippen LogP contribution in [0.4, 0.5) is 0 Å². The molecule has 1 aliphatic carbocycles. The summed E-state index contributed by atoms with van der Waals surface area (Å²) in [4.78, 5) is 5.71. The zero-order chi connectivity index (χ0) is 13.9. The molecule has 2 nitrogen and oxygen atoms in total. The second-order valence-electron chi connectivity index (χ2n) is 5.48. The van der Waals surface area contributed by atoms with Gasteiger partial charge in [-0.1, -0.05) is 23.7 Å². The normalized spacial score (nSPS) is 16.3. The van der Waals surface area contributed by atoms with E-state index >= 15 is 0 Å². The van der Waals surface area contributed by atoms with Gasteiger partial charge in [-0.15, -0.1) is 11.3 Å². The molecule has 0 radical (unpaired) electrons. The Morgan fingerprint density at radius 2 is 2.30 bits per heavy atom. The summed E-state index contributed by atoms with van der Waals surface area (Å²) in [5.74, 6) is 0.467. The number of aromatic nitrogens is 1. The van der Waals surface area contributed by atoms with Crippen molar-refractivity contribution in [3.8, 4) is 0 Å². The van der Waals surface area contributed by atoms with Gasteiger partial charge in [0.25, 0.3) is 0 Å². The van der Waals surface area contributed by atoms with Crippen LogP contribution in [-0.2, 0) is 6.42 Å². The molecule has 0 bridgehead atoms. The standard InChI is InChI=1S/C16H19ClN2S/c1-11-18-10-16(20-11)8-13(9-19-15-5-6-15)12-3-2-4-14(17)7-12/h2-4,7,10,13,15,19H,5-6,8-9H2,1H3. The lowest BCUT2D eigenvalue weighted by atomic mass is 9.95. The minimum absolute atomic E-state index is 0.467. The van der Waals surface area contributed by atoms with E-state index in [-0.39, 0.29) is 0 Å². The number of halogens is 1. The number of nitrogens with one attached hydrogen (secondary N) is 1. The van der Waals surface area contributed by atoms with Crippen LogP contribution in [0.25, 0.3) is 0 Å². The predicted molar refractivity (Wildman–Crippen MR) is 85.8 cm³/mol. The second kappa shape index (κ2) is 6.25. The fourth-order valence-corrected chi connectivity index (χ4v) is 3.48. The molecule has 4 heteroatoms. The number of nitrogens with zero attached hydrogens (tertiary/aromatic N) is 1. The van der Waals surface area contributed by atoms with Gasteiger partial charge < -0.3 is 5.32 Å². The molecular weight excluding hydrogens is 288 g/mol. The molecule has 0 spiro atoms. The quantitative estimate of drug-likeness (QED) is 0.866. The predicted octanol–water partition coefficient (Wildman–Crippen LogP) is 4.18. The van der Waals surface area contributed by atoms with Gasteiger partial charge in [0.2, 0.25) is 0 Å². The average molecular weight is 307 g/mol. The van der Waals surface area contributed by atoms with Crippen LogP contribution in [0.1, 0.15) is 34.2 Å². The summed E-state index contributed by atoms with van der Waals surface area (Å²) in [6, 6.07) is 8.99. The van der Waals surface area contributed by atoms with E-state index < -0.39 is 0 Å². The van der Waals surface area contributed by atoms with Crippen molar-refractivity contribution in [2.45, 2.75) is 38.1 Å². The highest BCUT2D eigenvalue weighted by atomic mass is 35.5. The van der Waals surface area contributed by atoms with Gasteiger partial charge in [0.15, 0.2) is 0 Å². The SMILES string of the molecule is Cc1ncc(CC(CNC2CC2)c2cccc(Cl)c2)s1. The van der Waals surface area contributed by atoms with Crippen LogP contribution in [0.5, 0.6) is 0 Å². The Labute approximate surface area is 129 Å². The number of hydrogen-bond acceptors (Lipinski definition) is 3. The maximum Gasteiger partial charge on any atom is 0.0896 e. The summed E-state index contributed by atoms with van der Waals surface area (Å²) in [6.45, 7) is 3.08. The molecule has 1 heterocycles. The molecule has 0 amide bonds. The first-order chi connectivity index (χ1) is 9.70.